The molecule has 0 saturated carbocycles. The maximum Gasteiger partial charge on any atom is 0.180 e. The summed E-state index contributed by atoms with van der Waals surface area (Å²) < 4.78 is 7.48. The van der Waals surface area contributed by atoms with Crippen LogP contribution in [0.1, 0.15) is 31.9 Å². The minimum atomic E-state index is -0.538. The third-order valence-corrected chi connectivity index (χ3v) is 7.01. The van der Waals surface area contributed by atoms with Gasteiger partial charge in [0.15, 0.2) is 11.5 Å². The van der Waals surface area contributed by atoms with Gasteiger partial charge in [0.25, 0.3) is 0 Å². The second kappa shape index (κ2) is 8.23. The van der Waals surface area contributed by atoms with Gasteiger partial charge >= 0.3 is 0 Å². The predicted molar refractivity (Wildman–Crippen MR) is 133 cm³/mol. The lowest BCUT2D eigenvalue weighted by Crippen LogP contribution is -2.43. The zero-order valence-electron chi connectivity index (χ0n) is 19.5. The molecule has 176 valence electrons. The van der Waals surface area contributed by atoms with E-state index in [1.54, 1.807) is 6.20 Å². The average Bonchev–Trinajstić information content (AvgIpc) is 3.42. The Kier molecular flexibility index (Phi) is 5.17. The molecule has 1 aliphatic carbocycles. The van der Waals surface area contributed by atoms with Gasteiger partial charge in [0.1, 0.15) is 6.10 Å². The fourth-order valence-corrected chi connectivity index (χ4v) is 5.04. The Morgan fingerprint density at radius 3 is 2.88 bits per heavy atom. The molecule has 1 fully saturated rings. The molecule has 0 radical (unpaired) electrons. The average molecular weight is 459 g/mol. The van der Waals surface area contributed by atoms with Crippen LogP contribution in [0.25, 0.3) is 16.9 Å². The number of ether oxygens (including phenoxy) is 1. The van der Waals surface area contributed by atoms with Gasteiger partial charge in [-0.15, -0.1) is 0 Å². The van der Waals surface area contributed by atoms with Crippen molar-refractivity contribution in [1.29, 1.82) is 0 Å². The van der Waals surface area contributed by atoms with E-state index in [2.05, 4.69) is 44.8 Å². The number of anilines is 2. The Balaban J connectivity index is 1.27. The number of nitrogens with one attached hydrogen (secondary N) is 2. The number of morpholine rings is 1. The monoisotopic (exact) mass is 458 g/mol. The molecule has 34 heavy (non-hydrogen) atoms. The summed E-state index contributed by atoms with van der Waals surface area (Å²) >= 11 is 0. The van der Waals surface area contributed by atoms with Crippen LogP contribution in [-0.2, 0) is 4.74 Å². The zero-order chi connectivity index (χ0) is 23.3. The molecule has 8 heteroatoms. The molecular weight excluding hydrogens is 428 g/mol. The maximum absolute atomic E-state index is 10.6. The van der Waals surface area contributed by atoms with E-state index in [9.17, 15) is 5.11 Å². The highest BCUT2D eigenvalue weighted by Crippen LogP contribution is 2.42. The SMILES string of the molecule is CC1(C)Nc2cc(-c3cn4ccnc4c(NC4=CCC(N5CCOCC5)C=C4)n3)ccc2[C@@H]1O. The number of hydrogen-bond donors (Lipinski definition) is 3. The molecular formula is C26H30N6O2. The number of imidazole rings is 1. The number of rotatable bonds is 4. The van der Waals surface area contributed by atoms with Crippen molar-refractivity contribution in [2.75, 3.05) is 36.9 Å². The Morgan fingerprint density at radius 2 is 2.09 bits per heavy atom. The summed E-state index contributed by atoms with van der Waals surface area (Å²) in [6.45, 7) is 7.58. The van der Waals surface area contributed by atoms with E-state index in [4.69, 9.17) is 9.72 Å². The van der Waals surface area contributed by atoms with Gasteiger partial charge in [-0.25, -0.2) is 9.97 Å². The first-order chi connectivity index (χ1) is 16.5. The van der Waals surface area contributed by atoms with Crippen molar-refractivity contribution in [2.24, 2.45) is 0 Å². The summed E-state index contributed by atoms with van der Waals surface area (Å²) in [4.78, 5) is 11.9. The summed E-state index contributed by atoms with van der Waals surface area (Å²) in [5.74, 6) is 0.719. The Bertz CT molecular complexity index is 1290. The fraction of sp³-hybridized carbons (Fsp3) is 0.385. The van der Waals surface area contributed by atoms with Gasteiger partial charge < -0.3 is 24.9 Å². The first-order valence-corrected chi connectivity index (χ1v) is 11.9. The molecule has 2 atom stereocenters. The molecule has 1 unspecified atom stereocenters. The number of benzene rings is 1. The zero-order valence-corrected chi connectivity index (χ0v) is 19.5. The lowest BCUT2D eigenvalue weighted by atomic mass is 9.96. The van der Waals surface area contributed by atoms with Gasteiger partial charge in [0.05, 0.1) is 24.4 Å². The number of aliphatic hydroxyl groups is 1. The molecule has 6 rings (SSSR count). The molecule has 1 aromatic carbocycles. The van der Waals surface area contributed by atoms with Crippen molar-refractivity contribution in [3.05, 3.63) is 66.3 Å². The molecule has 0 amide bonds. The van der Waals surface area contributed by atoms with E-state index in [1.807, 2.05) is 42.8 Å². The summed E-state index contributed by atoms with van der Waals surface area (Å²) in [6.07, 6.45) is 12.8. The highest BCUT2D eigenvalue weighted by molar-refractivity contribution is 5.75. The first-order valence-electron chi connectivity index (χ1n) is 11.9. The maximum atomic E-state index is 10.6. The summed E-state index contributed by atoms with van der Waals surface area (Å²) in [6, 6.07) is 6.49. The molecule has 0 spiro atoms. The Labute approximate surface area is 199 Å². The van der Waals surface area contributed by atoms with Crippen molar-refractivity contribution < 1.29 is 9.84 Å². The van der Waals surface area contributed by atoms with Crippen LogP contribution in [0.4, 0.5) is 11.5 Å². The van der Waals surface area contributed by atoms with Crippen LogP contribution >= 0.6 is 0 Å². The largest absolute Gasteiger partial charge is 0.386 e. The van der Waals surface area contributed by atoms with E-state index in [-0.39, 0.29) is 0 Å². The van der Waals surface area contributed by atoms with Crippen LogP contribution in [0.15, 0.2) is 60.7 Å². The quantitative estimate of drug-likeness (QED) is 0.551. The third-order valence-electron chi connectivity index (χ3n) is 7.01. The highest BCUT2D eigenvalue weighted by atomic mass is 16.5. The van der Waals surface area contributed by atoms with Gasteiger partial charge in [-0.3, -0.25) is 4.90 Å². The molecule has 3 aromatic rings. The van der Waals surface area contributed by atoms with Crippen molar-refractivity contribution in [3.8, 4) is 11.3 Å². The predicted octanol–water partition coefficient (Wildman–Crippen LogP) is 3.59. The van der Waals surface area contributed by atoms with Crippen LogP contribution in [0.2, 0.25) is 0 Å². The summed E-state index contributed by atoms with van der Waals surface area (Å²) in [5.41, 5.74) is 5.10. The van der Waals surface area contributed by atoms with Crippen molar-refractivity contribution in [2.45, 2.75) is 38.0 Å². The van der Waals surface area contributed by atoms with E-state index in [0.717, 1.165) is 72.4 Å². The van der Waals surface area contributed by atoms with Crippen molar-refractivity contribution >= 4 is 17.2 Å². The second-order valence-electron chi connectivity index (χ2n) is 9.78. The van der Waals surface area contributed by atoms with E-state index in [1.165, 1.54) is 0 Å². The Morgan fingerprint density at radius 1 is 1.24 bits per heavy atom. The van der Waals surface area contributed by atoms with Gasteiger partial charge in [-0.2, -0.15) is 0 Å². The van der Waals surface area contributed by atoms with E-state index < -0.39 is 11.6 Å². The fourth-order valence-electron chi connectivity index (χ4n) is 5.04. The van der Waals surface area contributed by atoms with Crippen LogP contribution in [-0.4, -0.2) is 62.3 Å². The number of aliphatic hydroxyl groups excluding tert-OH is 1. The number of hydrogen-bond acceptors (Lipinski definition) is 7. The van der Waals surface area contributed by atoms with Gasteiger partial charge in [0.2, 0.25) is 0 Å². The van der Waals surface area contributed by atoms with Crippen LogP contribution in [0.5, 0.6) is 0 Å². The molecule has 2 aliphatic heterocycles. The minimum Gasteiger partial charge on any atom is -0.386 e. The van der Waals surface area contributed by atoms with Crippen molar-refractivity contribution in [1.82, 2.24) is 19.3 Å². The second-order valence-corrected chi connectivity index (χ2v) is 9.78. The number of aromatic nitrogens is 3. The van der Waals surface area contributed by atoms with Gasteiger partial charge in [0, 0.05) is 60.2 Å². The smallest absolute Gasteiger partial charge is 0.180 e. The number of allylic oxidation sites excluding steroid dienone is 1. The van der Waals surface area contributed by atoms with Crippen LogP contribution in [0.3, 0.4) is 0 Å². The molecule has 4 heterocycles. The molecule has 0 bridgehead atoms. The standard InChI is InChI=1S/C26H30N6O2/c1-26(2)23(33)20-8-3-17(15-21(20)30-26)22-16-32-10-9-27-25(32)24(29-22)28-18-4-6-19(7-5-18)31-11-13-34-14-12-31/h3-6,8-10,15-16,19,23,30,33H,7,11-14H2,1-2H3,(H,28,29)/t19?,23-/m0/s1. The van der Waals surface area contributed by atoms with Gasteiger partial charge in [-0.1, -0.05) is 24.3 Å². The number of fused-ring (bicyclic) bond motifs is 2. The lowest BCUT2D eigenvalue weighted by Gasteiger charge is -2.33. The third kappa shape index (κ3) is 3.77. The molecule has 3 N–H and O–H groups in total. The van der Waals surface area contributed by atoms with Crippen molar-refractivity contribution in [3.63, 3.8) is 0 Å². The Hall–Kier alpha value is -3.20. The minimum absolute atomic E-state index is 0.395. The van der Waals surface area contributed by atoms with Gasteiger partial charge in [-0.05, 0) is 32.4 Å². The first kappa shape index (κ1) is 21.3. The lowest BCUT2D eigenvalue weighted by molar-refractivity contribution is 0.0259. The van der Waals surface area contributed by atoms with Crippen LogP contribution < -0.4 is 10.6 Å². The molecule has 1 saturated heterocycles. The topological polar surface area (TPSA) is 87.0 Å². The normalized spacial score (nSPS) is 24.0. The number of nitrogens with zero attached hydrogens (tertiary/aromatic N) is 4. The molecule has 2 aromatic heterocycles. The summed E-state index contributed by atoms with van der Waals surface area (Å²) in [7, 11) is 0. The van der Waals surface area contributed by atoms with Crippen LogP contribution in [0, 0.1) is 0 Å². The molecule has 8 nitrogen and oxygen atoms in total. The van der Waals surface area contributed by atoms with E-state index >= 15 is 0 Å². The van der Waals surface area contributed by atoms with E-state index in [0.29, 0.717) is 6.04 Å². The summed E-state index contributed by atoms with van der Waals surface area (Å²) in [5, 5.41) is 17.5. The highest BCUT2D eigenvalue weighted by Gasteiger charge is 2.37. The molecule has 3 aliphatic rings.